The number of rotatable bonds is 5. The summed E-state index contributed by atoms with van der Waals surface area (Å²) < 4.78 is 38.3. The lowest BCUT2D eigenvalue weighted by Gasteiger charge is -2.30. The SMILES string of the molecule is CC(CCNC(=O)N1CCCC(C(=O)O)C1)c1cccc(C(F)(F)F)c1. The fourth-order valence-corrected chi connectivity index (χ4v) is 3.06. The first-order chi connectivity index (χ1) is 12.2. The van der Waals surface area contributed by atoms with Crippen molar-refractivity contribution in [3.05, 3.63) is 35.4 Å². The number of benzene rings is 1. The Labute approximate surface area is 150 Å². The maximum Gasteiger partial charge on any atom is 0.416 e. The molecule has 0 radical (unpaired) electrons. The predicted molar refractivity (Wildman–Crippen MR) is 89.8 cm³/mol. The third-order valence-electron chi connectivity index (χ3n) is 4.69. The van der Waals surface area contributed by atoms with E-state index in [2.05, 4.69) is 5.32 Å². The monoisotopic (exact) mass is 372 g/mol. The number of urea groups is 1. The normalized spacial score (nSPS) is 19.1. The fraction of sp³-hybridized carbons (Fsp3) is 0.556. The van der Waals surface area contributed by atoms with Crippen LogP contribution in [0, 0.1) is 5.92 Å². The van der Waals surface area contributed by atoms with Crippen LogP contribution in [-0.2, 0) is 11.0 Å². The second-order valence-corrected chi connectivity index (χ2v) is 6.67. The molecule has 0 aliphatic carbocycles. The summed E-state index contributed by atoms with van der Waals surface area (Å²) in [5, 5.41) is 11.8. The average Bonchev–Trinajstić information content (AvgIpc) is 2.61. The molecule has 2 rings (SSSR count). The van der Waals surface area contributed by atoms with Crippen LogP contribution in [0.15, 0.2) is 24.3 Å². The van der Waals surface area contributed by atoms with Crippen molar-refractivity contribution in [2.75, 3.05) is 19.6 Å². The number of likely N-dealkylation sites (tertiary alicyclic amines) is 1. The van der Waals surface area contributed by atoms with Gasteiger partial charge in [-0.2, -0.15) is 13.2 Å². The van der Waals surface area contributed by atoms with E-state index in [0.29, 0.717) is 37.9 Å². The molecule has 1 aromatic rings. The Balaban J connectivity index is 1.83. The van der Waals surface area contributed by atoms with E-state index in [4.69, 9.17) is 5.11 Å². The molecule has 1 aliphatic rings. The van der Waals surface area contributed by atoms with Gasteiger partial charge in [0.15, 0.2) is 0 Å². The number of piperidine rings is 1. The topological polar surface area (TPSA) is 69.6 Å². The molecule has 2 N–H and O–H groups in total. The summed E-state index contributed by atoms with van der Waals surface area (Å²) >= 11 is 0. The quantitative estimate of drug-likeness (QED) is 0.828. The molecule has 0 spiro atoms. The van der Waals surface area contributed by atoms with Crippen molar-refractivity contribution in [1.29, 1.82) is 0 Å². The largest absolute Gasteiger partial charge is 0.481 e. The number of alkyl halides is 3. The number of nitrogens with zero attached hydrogens (tertiary/aromatic N) is 1. The molecule has 2 amide bonds. The van der Waals surface area contributed by atoms with Crippen molar-refractivity contribution in [1.82, 2.24) is 10.2 Å². The van der Waals surface area contributed by atoms with E-state index in [9.17, 15) is 22.8 Å². The molecule has 2 unspecified atom stereocenters. The van der Waals surface area contributed by atoms with Gasteiger partial charge in [0, 0.05) is 19.6 Å². The Bertz CT molecular complexity index is 649. The van der Waals surface area contributed by atoms with Gasteiger partial charge >= 0.3 is 18.2 Å². The highest BCUT2D eigenvalue weighted by atomic mass is 19.4. The van der Waals surface area contributed by atoms with Crippen LogP contribution in [0.2, 0.25) is 0 Å². The maximum atomic E-state index is 12.8. The van der Waals surface area contributed by atoms with Gasteiger partial charge in [-0.3, -0.25) is 4.79 Å². The number of carboxylic acids is 1. The van der Waals surface area contributed by atoms with Gasteiger partial charge in [0.1, 0.15) is 0 Å². The van der Waals surface area contributed by atoms with Crippen LogP contribution < -0.4 is 5.32 Å². The fourth-order valence-electron chi connectivity index (χ4n) is 3.06. The molecule has 1 aromatic carbocycles. The van der Waals surface area contributed by atoms with E-state index in [1.54, 1.807) is 6.07 Å². The standard InChI is InChI=1S/C18H23F3N2O3/c1-12(13-4-2-6-15(10-13)18(19,20)21)7-8-22-17(26)23-9-3-5-14(11-23)16(24)25/h2,4,6,10,12,14H,3,5,7-9,11H2,1H3,(H,22,26)(H,24,25). The van der Waals surface area contributed by atoms with Gasteiger partial charge < -0.3 is 15.3 Å². The van der Waals surface area contributed by atoms with Crippen LogP contribution in [0.25, 0.3) is 0 Å². The smallest absolute Gasteiger partial charge is 0.416 e. The Kier molecular flexibility index (Phi) is 6.50. The van der Waals surface area contributed by atoms with E-state index in [1.807, 2.05) is 6.92 Å². The highest BCUT2D eigenvalue weighted by Gasteiger charge is 2.31. The van der Waals surface area contributed by atoms with E-state index in [0.717, 1.165) is 12.1 Å². The summed E-state index contributed by atoms with van der Waals surface area (Å²) in [6, 6.07) is 4.87. The molecule has 144 valence electrons. The Morgan fingerprint density at radius 3 is 2.77 bits per heavy atom. The van der Waals surface area contributed by atoms with Crippen LogP contribution >= 0.6 is 0 Å². The van der Waals surface area contributed by atoms with Crippen molar-refractivity contribution >= 4 is 12.0 Å². The lowest BCUT2D eigenvalue weighted by molar-refractivity contribution is -0.143. The van der Waals surface area contributed by atoms with Crippen LogP contribution in [0.4, 0.5) is 18.0 Å². The first-order valence-corrected chi connectivity index (χ1v) is 8.61. The van der Waals surface area contributed by atoms with E-state index >= 15 is 0 Å². The number of amides is 2. The van der Waals surface area contributed by atoms with Crippen molar-refractivity contribution in [2.24, 2.45) is 5.92 Å². The Hall–Kier alpha value is -2.25. The van der Waals surface area contributed by atoms with E-state index < -0.39 is 23.6 Å². The van der Waals surface area contributed by atoms with Gasteiger partial charge in [-0.25, -0.2) is 4.79 Å². The summed E-state index contributed by atoms with van der Waals surface area (Å²) in [6.45, 7) is 2.82. The molecule has 1 aliphatic heterocycles. The maximum absolute atomic E-state index is 12.8. The molecule has 0 bridgehead atoms. The molecular weight excluding hydrogens is 349 g/mol. The molecule has 5 nitrogen and oxygen atoms in total. The number of halogens is 3. The molecule has 8 heteroatoms. The summed E-state index contributed by atoms with van der Waals surface area (Å²) in [7, 11) is 0. The van der Waals surface area contributed by atoms with Crippen LogP contribution in [0.5, 0.6) is 0 Å². The summed E-state index contributed by atoms with van der Waals surface area (Å²) in [5.41, 5.74) is -0.114. The second kappa shape index (κ2) is 8.42. The summed E-state index contributed by atoms with van der Waals surface area (Å²) in [4.78, 5) is 24.7. The highest BCUT2D eigenvalue weighted by molar-refractivity contribution is 5.76. The Morgan fingerprint density at radius 1 is 1.38 bits per heavy atom. The highest BCUT2D eigenvalue weighted by Crippen LogP contribution is 2.31. The molecule has 1 heterocycles. The number of nitrogens with one attached hydrogen (secondary N) is 1. The third-order valence-corrected chi connectivity index (χ3v) is 4.69. The number of carbonyl (C=O) groups is 2. The predicted octanol–water partition coefficient (Wildman–Crippen LogP) is 3.71. The van der Waals surface area contributed by atoms with Crippen LogP contribution in [0.1, 0.15) is 43.2 Å². The van der Waals surface area contributed by atoms with Gasteiger partial charge in [-0.15, -0.1) is 0 Å². The van der Waals surface area contributed by atoms with Crippen molar-refractivity contribution in [2.45, 2.75) is 38.3 Å². The number of carboxylic acid groups (broad SMARTS) is 1. The zero-order chi connectivity index (χ0) is 19.3. The van der Waals surface area contributed by atoms with Gasteiger partial charge in [0.2, 0.25) is 0 Å². The minimum Gasteiger partial charge on any atom is -0.481 e. The van der Waals surface area contributed by atoms with Crippen LogP contribution in [0.3, 0.4) is 0 Å². The Morgan fingerprint density at radius 2 is 2.12 bits per heavy atom. The number of hydrogen-bond donors (Lipinski definition) is 2. The minimum absolute atomic E-state index is 0.147. The van der Waals surface area contributed by atoms with E-state index in [-0.39, 0.29) is 18.5 Å². The molecule has 0 aromatic heterocycles. The molecular formula is C18H23F3N2O3. The first-order valence-electron chi connectivity index (χ1n) is 8.61. The lowest BCUT2D eigenvalue weighted by Crippen LogP contribution is -2.47. The molecule has 1 fully saturated rings. The molecule has 26 heavy (non-hydrogen) atoms. The summed E-state index contributed by atoms with van der Waals surface area (Å²) in [5.74, 6) is -1.59. The van der Waals surface area contributed by atoms with Crippen molar-refractivity contribution < 1.29 is 27.9 Å². The molecule has 1 saturated heterocycles. The second-order valence-electron chi connectivity index (χ2n) is 6.67. The zero-order valence-corrected chi connectivity index (χ0v) is 14.6. The molecule has 0 saturated carbocycles. The van der Waals surface area contributed by atoms with Gasteiger partial charge in [0.25, 0.3) is 0 Å². The van der Waals surface area contributed by atoms with Gasteiger partial charge in [0.05, 0.1) is 11.5 Å². The van der Waals surface area contributed by atoms with Crippen molar-refractivity contribution in [3.8, 4) is 0 Å². The lowest BCUT2D eigenvalue weighted by atomic mass is 9.96. The summed E-state index contributed by atoms with van der Waals surface area (Å²) in [6.07, 6.45) is -2.68. The van der Waals surface area contributed by atoms with Gasteiger partial charge in [-0.1, -0.05) is 25.1 Å². The number of hydrogen-bond acceptors (Lipinski definition) is 2. The minimum atomic E-state index is -4.38. The van der Waals surface area contributed by atoms with Crippen LogP contribution in [-0.4, -0.2) is 41.6 Å². The number of aliphatic carboxylic acids is 1. The van der Waals surface area contributed by atoms with E-state index in [1.165, 1.54) is 11.0 Å². The van der Waals surface area contributed by atoms with Crippen molar-refractivity contribution in [3.63, 3.8) is 0 Å². The van der Waals surface area contributed by atoms with Gasteiger partial charge in [-0.05, 0) is 36.8 Å². The first kappa shape index (κ1) is 20.1. The molecule has 2 atom stereocenters. The average molecular weight is 372 g/mol. The number of carbonyl (C=O) groups excluding carboxylic acids is 1. The zero-order valence-electron chi connectivity index (χ0n) is 14.6. The third kappa shape index (κ3) is 5.37.